The number of aliphatic imine (C=N–C) groups is 1. The third-order valence-electron chi connectivity index (χ3n) is 3.96. The van der Waals surface area contributed by atoms with E-state index in [0.29, 0.717) is 0 Å². The molecular formula is C12H15FN6O4. The Labute approximate surface area is 128 Å². The van der Waals surface area contributed by atoms with Crippen LogP contribution in [0.4, 0.5) is 10.3 Å². The predicted octanol–water partition coefficient (Wildman–Crippen LogP) is -1.43. The van der Waals surface area contributed by atoms with Gasteiger partial charge in [-0.3, -0.25) is 23.7 Å². The van der Waals surface area contributed by atoms with Gasteiger partial charge >= 0.3 is 0 Å². The number of hydrogen-bond donors (Lipinski definition) is 4. The molecule has 3 rings (SSSR count). The Morgan fingerprint density at radius 2 is 2.39 bits per heavy atom. The van der Waals surface area contributed by atoms with E-state index in [1.54, 1.807) is 0 Å². The normalized spacial score (nSPS) is 30.8. The number of aromatic amines is 1. The third-order valence-corrected chi connectivity index (χ3v) is 3.96. The quantitative estimate of drug-likeness (QED) is 0.502. The topological polar surface area (TPSA) is 152 Å². The second-order valence-electron chi connectivity index (χ2n) is 5.21. The largest absolute Gasteiger partial charge is 0.391 e. The van der Waals surface area contributed by atoms with Crippen LogP contribution < -0.4 is 11.3 Å². The highest BCUT2D eigenvalue weighted by molar-refractivity contribution is 5.70. The van der Waals surface area contributed by atoms with Crippen LogP contribution in [-0.4, -0.2) is 61.6 Å². The number of rotatable bonds is 4. The molecule has 124 valence electrons. The van der Waals surface area contributed by atoms with E-state index in [1.807, 2.05) is 0 Å². The van der Waals surface area contributed by atoms with Gasteiger partial charge in [-0.05, 0) is 6.72 Å². The van der Waals surface area contributed by atoms with Gasteiger partial charge in [0.05, 0.1) is 25.5 Å². The number of aliphatic hydroxyl groups is 2. The molecule has 1 fully saturated rings. The number of nitrogen functional groups attached to an aromatic ring is 1. The lowest BCUT2D eigenvalue weighted by Crippen LogP contribution is -2.43. The minimum Gasteiger partial charge on any atom is -0.391 e. The lowest BCUT2D eigenvalue weighted by atomic mass is 9.97. The maximum atomic E-state index is 13.4. The van der Waals surface area contributed by atoms with Crippen molar-refractivity contribution in [2.75, 3.05) is 19.0 Å². The second kappa shape index (κ2) is 5.37. The fraction of sp³-hybridized carbons (Fsp3) is 0.500. The Bertz CT molecular complexity index is 806. The van der Waals surface area contributed by atoms with Gasteiger partial charge in [0.1, 0.15) is 12.3 Å². The number of fused-ring (bicyclic) bond motifs is 1. The maximum Gasteiger partial charge on any atom is 0.280 e. The molecule has 0 aromatic carbocycles. The van der Waals surface area contributed by atoms with Crippen LogP contribution in [0.15, 0.2) is 16.1 Å². The van der Waals surface area contributed by atoms with Crippen LogP contribution in [0.2, 0.25) is 0 Å². The van der Waals surface area contributed by atoms with Crippen molar-refractivity contribution < 1.29 is 19.3 Å². The first-order chi connectivity index (χ1) is 11.0. The molecule has 1 aliphatic rings. The van der Waals surface area contributed by atoms with Crippen molar-refractivity contribution in [3.63, 3.8) is 0 Å². The molecule has 0 bridgehead atoms. The Hall–Kier alpha value is -2.37. The van der Waals surface area contributed by atoms with E-state index in [1.165, 1.54) is 10.9 Å². The van der Waals surface area contributed by atoms with Gasteiger partial charge < -0.3 is 20.7 Å². The summed E-state index contributed by atoms with van der Waals surface area (Å²) >= 11 is 0. The van der Waals surface area contributed by atoms with E-state index >= 15 is 0 Å². The molecule has 0 amide bonds. The van der Waals surface area contributed by atoms with Crippen molar-refractivity contribution in [1.82, 2.24) is 19.5 Å². The van der Waals surface area contributed by atoms with Crippen LogP contribution in [0.3, 0.4) is 0 Å². The number of anilines is 1. The molecule has 3 heterocycles. The Morgan fingerprint density at radius 3 is 3.00 bits per heavy atom. The van der Waals surface area contributed by atoms with Crippen LogP contribution in [0.25, 0.3) is 11.2 Å². The summed E-state index contributed by atoms with van der Waals surface area (Å²) in [6, 6.07) is 0. The molecule has 0 unspecified atom stereocenters. The van der Waals surface area contributed by atoms with Crippen LogP contribution >= 0.6 is 0 Å². The average molecular weight is 326 g/mol. The average Bonchev–Trinajstić information content (AvgIpc) is 3.06. The molecular weight excluding hydrogens is 311 g/mol. The minimum atomic E-state index is -1.76. The Kier molecular flexibility index (Phi) is 3.62. The summed E-state index contributed by atoms with van der Waals surface area (Å²) in [4.78, 5) is 25.6. The van der Waals surface area contributed by atoms with Gasteiger partial charge in [-0.25, -0.2) is 4.98 Å². The number of aliphatic hydroxyl groups excluding tert-OH is 2. The fourth-order valence-corrected chi connectivity index (χ4v) is 2.72. The molecule has 0 aliphatic carbocycles. The number of halogens is 1. The van der Waals surface area contributed by atoms with E-state index in [9.17, 15) is 19.4 Å². The summed E-state index contributed by atoms with van der Waals surface area (Å²) in [7, 11) is 0. The highest BCUT2D eigenvalue weighted by Crippen LogP contribution is 2.43. The number of H-pyrrole nitrogens is 1. The summed E-state index contributed by atoms with van der Waals surface area (Å²) in [5.41, 5.74) is 3.25. The number of aromatic nitrogens is 4. The van der Waals surface area contributed by atoms with Crippen molar-refractivity contribution in [3.05, 3.63) is 16.7 Å². The van der Waals surface area contributed by atoms with E-state index < -0.39 is 42.8 Å². The highest BCUT2D eigenvalue weighted by atomic mass is 19.1. The van der Waals surface area contributed by atoms with E-state index in [2.05, 4.69) is 26.7 Å². The zero-order valence-corrected chi connectivity index (χ0v) is 11.9. The minimum absolute atomic E-state index is 0.0111. The summed E-state index contributed by atoms with van der Waals surface area (Å²) < 4.78 is 20.3. The van der Waals surface area contributed by atoms with Gasteiger partial charge in [0.25, 0.3) is 5.56 Å². The number of ether oxygens (including phenoxy) is 1. The molecule has 1 aliphatic heterocycles. The monoisotopic (exact) mass is 326 g/mol. The van der Waals surface area contributed by atoms with Gasteiger partial charge in [0, 0.05) is 0 Å². The lowest BCUT2D eigenvalue weighted by molar-refractivity contribution is -0.120. The lowest BCUT2D eigenvalue weighted by Gasteiger charge is -2.25. The van der Waals surface area contributed by atoms with Crippen molar-refractivity contribution >= 4 is 23.8 Å². The Balaban J connectivity index is 2.14. The summed E-state index contributed by atoms with van der Waals surface area (Å²) in [5, 5.41) is 19.7. The van der Waals surface area contributed by atoms with Crippen molar-refractivity contribution in [2.45, 2.75) is 18.1 Å². The summed E-state index contributed by atoms with van der Waals surface area (Å²) in [6.07, 6.45) is -1.30. The van der Waals surface area contributed by atoms with Gasteiger partial charge in [-0.2, -0.15) is 4.98 Å². The first kappa shape index (κ1) is 15.5. The van der Waals surface area contributed by atoms with Crippen LogP contribution in [0, 0.1) is 5.92 Å². The molecule has 5 N–H and O–H groups in total. The molecule has 2 aromatic rings. The molecule has 23 heavy (non-hydrogen) atoms. The molecule has 0 radical (unpaired) electrons. The van der Waals surface area contributed by atoms with Crippen LogP contribution in [0.5, 0.6) is 0 Å². The maximum absolute atomic E-state index is 13.4. The Morgan fingerprint density at radius 1 is 1.65 bits per heavy atom. The van der Waals surface area contributed by atoms with Crippen LogP contribution in [-0.2, 0) is 4.74 Å². The highest BCUT2D eigenvalue weighted by Gasteiger charge is 2.55. The molecule has 0 spiro atoms. The van der Waals surface area contributed by atoms with Crippen molar-refractivity contribution in [3.8, 4) is 0 Å². The van der Waals surface area contributed by atoms with Gasteiger partial charge in [0.15, 0.2) is 11.2 Å². The summed E-state index contributed by atoms with van der Waals surface area (Å²) in [6.45, 7) is 1.63. The zero-order chi connectivity index (χ0) is 16.8. The smallest absolute Gasteiger partial charge is 0.280 e. The van der Waals surface area contributed by atoms with Crippen molar-refractivity contribution in [2.24, 2.45) is 10.9 Å². The van der Waals surface area contributed by atoms with Gasteiger partial charge in [-0.1, -0.05) is 0 Å². The zero-order valence-electron chi connectivity index (χ0n) is 11.9. The molecule has 1 saturated heterocycles. The van der Waals surface area contributed by atoms with Gasteiger partial charge in [0.2, 0.25) is 11.7 Å². The van der Waals surface area contributed by atoms with E-state index in [0.717, 1.165) is 0 Å². The number of nitrogens with zero attached hydrogens (tertiary/aromatic N) is 4. The molecule has 4 atom stereocenters. The van der Waals surface area contributed by atoms with Crippen LogP contribution in [0.1, 0.15) is 6.23 Å². The first-order valence-corrected chi connectivity index (χ1v) is 6.70. The van der Waals surface area contributed by atoms with E-state index in [4.69, 9.17) is 10.5 Å². The SMILES string of the molecule is C=N[C@]1(CO)O[C@@H](n2cnc3c(=O)[nH]c(N)nc32)[C@@H](CF)[C@@H]1O. The third kappa shape index (κ3) is 2.12. The second-order valence-corrected chi connectivity index (χ2v) is 5.21. The van der Waals surface area contributed by atoms with Gasteiger partial charge in [-0.15, -0.1) is 0 Å². The van der Waals surface area contributed by atoms with E-state index in [-0.39, 0.29) is 17.1 Å². The predicted molar refractivity (Wildman–Crippen MR) is 77.5 cm³/mol. The number of alkyl halides is 1. The molecule has 10 nitrogen and oxygen atoms in total. The number of imidazole rings is 1. The standard InChI is InChI=1S/C12H15FN6O4/c1-15-12(3-20)7(21)5(2-13)10(23-12)19-4-16-6-8(19)17-11(14)18-9(6)22/h4-5,7,10,20-21H,1-3H2,(H3,14,17,18,22)/t5-,7-,10+,12+/m0/s1. The number of nitrogens with one attached hydrogen (secondary N) is 1. The molecule has 0 saturated carbocycles. The number of nitrogens with two attached hydrogens (primary N) is 1. The molecule has 2 aromatic heterocycles. The van der Waals surface area contributed by atoms with Crippen molar-refractivity contribution in [1.29, 1.82) is 0 Å². The number of hydrogen-bond acceptors (Lipinski definition) is 8. The fourth-order valence-electron chi connectivity index (χ4n) is 2.72. The summed E-state index contributed by atoms with van der Waals surface area (Å²) in [5.74, 6) is -1.21. The first-order valence-electron chi connectivity index (χ1n) is 6.70. The molecule has 11 heteroatoms.